The van der Waals surface area contributed by atoms with Crippen molar-refractivity contribution >= 4 is 17.8 Å². The molecule has 1 aliphatic carbocycles. The Morgan fingerprint density at radius 2 is 2.07 bits per heavy atom. The first-order chi connectivity index (χ1) is 14.3. The van der Waals surface area contributed by atoms with Gasteiger partial charge in [0, 0.05) is 18.5 Å². The second-order valence-electron chi connectivity index (χ2n) is 7.80. The second-order valence-corrected chi connectivity index (χ2v) is 7.80. The molecule has 1 saturated carbocycles. The van der Waals surface area contributed by atoms with Crippen LogP contribution in [0.3, 0.4) is 0 Å². The molecule has 1 saturated heterocycles. The van der Waals surface area contributed by atoms with Gasteiger partial charge in [-0.05, 0) is 30.5 Å². The number of methoxy groups -OCH3 is 1. The predicted octanol–water partition coefficient (Wildman–Crippen LogP) is 1.71. The van der Waals surface area contributed by atoms with E-state index in [9.17, 15) is 23.2 Å². The Balaban J connectivity index is 1.59. The van der Waals surface area contributed by atoms with E-state index in [2.05, 4.69) is 22.5 Å². The van der Waals surface area contributed by atoms with Crippen molar-refractivity contribution < 1.29 is 27.9 Å². The molecular weight excluding hydrogens is 396 g/mol. The highest BCUT2D eigenvalue weighted by molar-refractivity contribution is 6.10. The van der Waals surface area contributed by atoms with Gasteiger partial charge < -0.3 is 15.0 Å². The third-order valence-electron chi connectivity index (χ3n) is 5.74. The summed E-state index contributed by atoms with van der Waals surface area (Å²) >= 11 is 0. The number of carbonyl (C=O) groups excluding carboxylic acids is 3. The van der Waals surface area contributed by atoms with Crippen LogP contribution >= 0.6 is 0 Å². The number of imide groups is 1. The van der Waals surface area contributed by atoms with E-state index in [-0.39, 0.29) is 38.3 Å². The summed E-state index contributed by atoms with van der Waals surface area (Å²) in [6, 6.07) is 4.38. The third kappa shape index (κ3) is 3.58. The van der Waals surface area contributed by atoms with E-state index < -0.39 is 35.7 Å². The van der Waals surface area contributed by atoms with E-state index in [1.165, 1.54) is 12.0 Å². The Kier molecular flexibility index (Phi) is 5.10. The molecule has 2 heterocycles. The Hall–Kier alpha value is -3.15. The first kappa shape index (κ1) is 20.1. The minimum Gasteiger partial charge on any atom is -0.497 e. The molecule has 2 unspecified atom stereocenters. The SMILES string of the molecule is COc1ccc2c(c1)C(=O)N(C[C@@]1(C#CC3CCC(F)C[C@H]3F)NC(=O)NC1=O)C2. The van der Waals surface area contributed by atoms with Gasteiger partial charge in [-0.25, -0.2) is 13.6 Å². The lowest BCUT2D eigenvalue weighted by Gasteiger charge is -2.27. The van der Waals surface area contributed by atoms with Gasteiger partial charge >= 0.3 is 6.03 Å². The van der Waals surface area contributed by atoms with Crippen molar-refractivity contribution in [3.8, 4) is 17.6 Å². The molecule has 2 N–H and O–H groups in total. The smallest absolute Gasteiger partial charge is 0.323 e. The maximum Gasteiger partial charge on any atom is 0.323 e. The van der Waals surface area contributed by atoms with Crippen molar-refractivity contribution in [3.05, 3.63) is 29.3 Å². The van der Waals surface area contributed by atoms with Crippen molar-refractivity contribution in [3.63, 3.8) is 0 Å². The molecule has 4 rings (SSSR count). The molecule has 1 aromatic rings. The minimum atomic E-state index is -1.69. The fourth-order valence-corrected chi connectivity index (χ4v) is 4.06. The Morgan fingerprint density at radius 3 is 2.73 bits per heavy atom. The summed E-state index contributed by atoms with van der Waals surface area (Å²) in [6.07, 6.45) is -2.43. The van der Waals surface area contributed by atoms with Crippen molar-refractivity contribution in [2.45, 2.75) is 43.7 Å². The molecule has 2 fully saturated rings. The van der Waals surface area contributed by atoms with Crippen LogP contribution in [0.2, 0.25) is 0 Å². The monoisotopic (exact) mass is 417 g/mol. The van der Waals surface area contributed by atoms with Crippen LogP contribution in [0, 0.1) is 17.8 Å². The zero-order valence-electron chi connectivity index (χ0n) is 16.3. The topological polar surface area (TPSA) is 87.7 Å². The van der Waals surface area contributed by atoms with Gasteiger partial charge in [-0.15, -0.1) is 0 Å². The van der Waals surface area contributed by atoms with Gasteiger partial charge in [0.1, 0.15) is 18.1 Å². The number of nitrogens with one attached hydrogen (secondary N) is 2. The quantitative estimate of drug-likeness (QED) is 0.579. The van der Waals surface area contributed by atoms with Gasteiger partial charge in [0.15, 0.2) is 5.54 Å². The zero-order chi connectivity index (χ0) is 21.5. The number of alkyl halides is 2. The molecule has 4 amide bonds. The number of carbonyl (C=O) groups is 3. The van der Waals surface area contributed by atoms with E-state index in [0.29, 0.717) is 11.3 Å². The van der Waals surface area contributed by atoms with E-state index in [1.54, 1.807) is 18.2 Å². The van der Waals surface area contributed by atoms with E-state index in [0.717, 1.165) is 5.56 Å². The Labute approximate surface area is 172 Å². The van der Waals surface area contributed by atoms with Crippen LogP contribution in [0.25, 0.3) is 0 Å². The van der Waals surface area contributed by atoms with Gasteiger partial charge in [-0.2, -0.15) is 0 Å². The van der Waals surface area contributed by atoms with Gasteiger partial charge in [-0.1, -0.05) is 17.9 Å². The fourth-order valence-electron chi connectivity index (χ4n) is 4.06. The molecule has 9 heteroatoms. The summed E-state index contributed by atoms with van der Waals surface area (Å²) in [4.78, 5) is 38.7. The predicted molar refractivity (Wildman–Crippen MR) is 102 cm³/mol. The molecule has 158 valence electrons. The van der Waals surface area contributed by atoms with Gasteiger partial charge in [-0.3, -0.25) is 14.9 Å². The highest BCUT2D eigenvalue weighted by atomic mass is 19.1. The van der Waals surface area contributed by atoms with Crippen LogP contribution in [-0.2, 0) is 11.3 Å². The Morgan fingerprint density at radius 1 is 1.27 bits per heavy atom. The summed E-state index contributed by atoms with van der Waals surface area (Å²) in [5.74, 6) is 4.23. The lowest BCUT2D eigenvalue weighted by atomic mass is 9.86. The summed E-state index contributed by atoms with van der Waals surface area (Å²) < 4.78 is 32.7. The second kappa shape index (κ2) is 7.59. The van der Waals surface area contributed by atoms with Gasteiger partial charge in [0.05, 0.1) is 19.6 Å². The lowest BCUT2D eigenvalue weighted by molar-refractivity contribution is -0.122. The highest BCUT2D eigenvalue weighted by Crippen LogP contribution is 2.30. The maximum absolute atomic E-state index is 14.2. The van der Waals surface area contributed by atoms with E-state index in [1.807, 2.05) is 0 Å². The van der Waals surface area contributed by atoms with Gasteiger partial charge in [0.2, 0.25) is 0 Å². The van der Waals surface area contributed by atoms with Crippen molar-refractivity contribution in [2.75, 3.05) is 13.7 Å². The van der Waals surface area contributed by atoms with E-state index in [4.69, 9.17) is 4.74 Å². The average Bonchev–Trinajstić information content (AvgIpc) is 3.16. The number of urea groups is 1. The molecule has 4 atom stereocenters. The Bertz CT molecular complexity index is 973. The molecular formula is C21H21F2N3O4. The number of nitrogens with zero attached hydrogens (tertiary/aromatic N) is 1. The summed E-state index contributed by atoms with van der Waals surface area (Å²) in [6.45, 7) is 0.0479. The molecule has 0 aromatic heterocycles. The van der Waals surface area contributed by atoms with Crippen molar-refractivity contribution in [2.24, 2.45) is 5.92 Å². The first-order valence-electron chi connectivity index (χ1n) is 9.72. The van der Waals surface area contributed by atoms with Crippen LogP contribution < -0.4 is 15.4 Å². The number of fused-ring (bicyclic) bond motifs is 1. The molecule has 3 aliphatic rings. The van der Waals surface area contributed by atoms with Crippen LogP contribution in [0.5, 0.6) is 5.75 Å². The van der Waals surface area contributed by atoms with Crippen LogP contribution in [-0.4, -0.2) is 54.3 Å². The number of ether oxygens (including phenoxy) is 1. The molecule has 0 bridgehead atoms. The summed E-state index contributed by atoms with van der Waals surface area (Å²) in [7, 11) is 1.50. The molecule has 0 spiro atoms. The van der Waals surface area contributed by atoms with Crippen LogP contribution in [0.15, 0.2) is 18.2 Å². The molecule has 1 aromatic carbocycles. The number of hydrogen-bond donors (Lipinski definition) is 2. The largest absolute Gasteiger partial charge is 0.497 e. The lowest BCUT2D eigenvalue weighted by Crippen LogP contribution is -2.54. The molecule has 7 nitrogen and oxygen atoms in total. The highest BCUT2D eigenvalue weighted by Gasteiger charge is 2.48. The van der Waals surface area contributed by atoms with Gasteiger partial charge in [0.25, 0.3) is 11.8 Å². The number of hydrogen-bond acceptors (Lipinski definition) is 4. The normalized spacial score (nSPS) is 30.3. The van der Waals surface area contributed by atoms with Crippen molar-refractivity contribution in [1.82, 2.24) is 15.5 Å². The average molecular weight is 417 g/mol. The maximum atomic E-state index is 14.2. The molecule has 30 heavy (non-hydrogen) atoms. The number of rotatable bonds is 3. The summed E-state index contributed by atoms with van der Waals surface area (Å²) in [5, 5.41) is 4.63. The minimum absolute atomic E-state index is 0.192. The zero-order valence-corrected chi connectivity index (χ0v) is 16.3. The fraction of sp³-hybridized carbons (Fsp3) is 0.476. The molecule has 0 radical (unpaired) electrons. The standard InChI is InChI=1S/C21H21F2N3O4/c1-30-15-5-3-13-10-26(18(27)16(13)9-15)11-21(19(28)24-20(29)25-21)7-6-12-2-4-14(22)8-17(12)23/h3,5,9,12,14,17H,2,4,8,10-11H2,1H3,(H2,24,25,28,29)/t12?,14?,17-,21-/m1/s1. The van der Waals surface area contributed by atoms with Crippen LogP contribution in [0.1, 0.15) is 35.2 Å². The van der Waals surface area contributed by atoms with Crippen molar-refractivity contribution in [1.29, 1.82) is 0 Å². The number of amides is 4. The first-order valence-corrected chi connectivity index (χ1v) is 9.72. The summed E-state index contributed by atoms with van der Waals surface area (Å²) in [5.41, 5.74) is -0.475. The number of halogens is 2. The number of benzene rings is 1. The van der Waals surface area contributed by atoms with E-state index >= 15 is 0 Å². The molecule has 2 aliphatic heterocycles. The van der Waals surface area contributed by atoms with Crippen LogP contribution in [0.4, 0.5) is 13.6 Å². The third-order valence-corrected chi connectivity index (χ3v) is 5.74.